The van der Waals surface area contributed by atoms with Gasteiger partial charge in [-0.2, -0.15) is 4.31 Å². The van der Waals surface area contributed by atoms with Crippen molar-refractivity contribution in [1.29, 1.82) is 0 Å². The van der Waals surface area contributed by atoms with E-state index in [1.165, 1.54) is 12.1 Å². The molecule has 1 aliphatic rings. The average molecular weight is 768 g/mol. The van der Waals surface area contributed by atoms with Crippen molar-refractivity contribution in [3.05, 3.63) is 83.5 Å². The maximum atomic E-state index is 14.6. The Bertz CT molecular complexity index is 1780. The Balaban J connectivity index is 2.29. The molecular formula is C43H65N3O5S2. The highest BCUT2D eigenvalue weighted by atomic mass is 32.2. The van der Waals surface area contributed by atoms with Gasteiger partial charge in [-0.15, -0.1) is 0 Å². The summed E-state index contributed by atoms with van der Waals surface area (Å²) in [5, 5.41) is 0. The summed E-state index contributed by atoms with van der Waals surface area (Å²) in [6.45, 7) is 20.9. The first-order valence-electron chi connectivity index (χ1n) is 20.0. The molecule has 2 aromatic rings. The molecule has 53 heavy (non-hydrogen) atoms. The van der Waals surface area contributed by atoms with E-state index in [0.717, 1.165) is 106 Å². The molecule has 0 saturated heterocycles. The Morgan fingerprint density at radius 2 is 1.25 bits per heavy atom. The first-order chi connectivity index (χ1) is 25.3. The molecule has 3 rings (SSSR count). The Morgan fingerprint density at radius 3 is 1.68 bits per heavy atom. The first-order valence-corrected chi connectivity index (χ1v) is 22.9. The van der Waals surface area contributed by atoms with Gasteiger partial charge in [-0.05, 0) is 105 Å². The molecule has 0 bridgehead atoms. The molecule has 2 unspecified atom stereocenters. The van der Waals surface area contributed by atoms with Crippen LogP contribution in [0.5, 0.6) is 0 Å². The van der Waals surface area contributed by atoms with Crippen molar-refractivity contribution in [3.63, 3.8) is 0 Å². The fraction of sp³-hybridized carbons (Fsp3) is 0.558. The van der Waals surface area contributed by atoms with Crippen LogP contribution in [0.3, 0.4) is 0 Å². The predicted octanol–water partition coefficient (Wildman–Crippen LogP) is 9.28. The highest BCUT2D eigenvalue weighted by molar-refractivity contribution is 7.89. The largest absolute Gasteiger partial charge is 0.744 e. The molecule has 0 aliphatic heterocycles. The maximum absolute atomic E-state index is 14.6. The van der Waals surface area contributed by atoms with Crippen molar-refractivity contribution in [2.75, 3.05) is 44.2 Å². The number of benzene rings is 2. The lowest BCUT2D eigenvalue weighted by Gasteiger charge is -2.30. The van der Waals surface area contributed by atoms with Gasteiger partial charge in [0.15, 0.2) is 5.71 Å². The summed E-state index contributed by atoms with van der Waals surface area (Å²) in [6, 6.07) is 12.0. The summed E-state index contributed by atoms with van der Waals surface area (Å²) in [5.74, 6) is 0.350. The maximum Gasteiger partial charge on any atom is 0.243 e. The van der Waals surface area contributed by atoms with Gasteiger partial charge >= 0.3 is 0 Å². The van der Waals surface area contributed by atoms with Crippen LogP contribution in [0, 0.1) is 11.8 Å². The van der Waals surface area contributed by atoms with Crippen LogP contribution in [0.4, 0.5) is 5.69 Å². The zero-order valence-corrected chi connectivity index (χ0v) is 35.2. The highest BCUT2D eigenvalue weighted by Crippen LogP contribution is 2.37. The minimum atomic E-state index is -5.11. The fourth-order valence-electron chi connectivity index (χ4n) is 7.24. The van der Waals surface area contributed by atoms with Gasteiger partial charge in [0.2, 0.25) is 10.0 Å². The van der Waals surface area contributed by atoms with Gasteiger partial charge in [-0.25, -0.2) is 21.4 Å². The zero-order chi connectivity index (χ0) is 39.2. The molecule has 2 atom stereocenters. The van der Waals surface area contributed by atoms with E-state index < -0.39 is 25.0 Å². The third-order valence-electron chi connectivity index (χ3n) is 10.7. The molecule has 8 nitrogen and oxygen atoms in total. The number of rotatable bonds is 22. The van der Waals surface area contributed by atoms with Crippen LogP contribution in [0.1, 0.15) is 118 Å². The van der Waals surface area contributed by atoms with Crippen molar-refractivity contribution in [3.8, 4) is 0 Å². The number of unbranched alkanes of at least 4 members (excludes halogenated alkanes) is 2. The molecule has 0 saturated carbocycles. The van der Waals surface area contributed by atoms with E-state index in [-0.39, 0.29) is 22.3 Å². The second-order valence-corrected chi connectivity index (χ2v) is 17.4. The van der Waals surface area contributed by atoms with Crippen LogP contribution >= 0.6 is 0 Å². The minimum absolute atomic E-state index is 0.167. The van der Waals surface area contributed by atoms with Gasteiger partial charge in [0.25, 0.3) is 0 Å². The van der Waals surface area contributed by atoms with Crippen molar-refractivity contribution in [2.24, 2.45) is 11.8 Å². The van der Waals surface area contributed by atoms with E-state index in [1.807, 2.05) is 48.6 Å². The van der Waals surface area contributed by atoms with Crippen LogP contribution in [0.2, 0.25) is 0 Å². The lowest BCUT2D eigenvalue weighted by molar-refractivity contribution is -0.519. The van der Waals surface area contributed by atoms with Gasteiger partial charge in [-0.3, -0.25) is 0 Å². The quantitative estimate of drug-likeness (QED) is 0.0875. The molecule has 0 aromatic heterocycles. The van der Waals surface area contributed by atoms with E-state index in [4.69, 9.17) is 0 Å². The monoisotopic (exact) mass is 767 g/mol. The molecule has 10 heteroatoms. The average Bonchev–Trinajstić information content (AvgIpc) is 3.16. The van der Waals surface area contributed by atoms with Crippen LogP contribution in [-0.4, -0.2) is 75.2 Å². The van der Waals surface area contributed by atoms with Gasteiger partial charge in [0, 0.05) is 49.6 Å². The topological polar surface area (TPSA) is 101 Å². The van der Waals surface area contributed by atoms with Crippen molar-refractivity contribution < 1.29 is 26.0 Å². The van der Waals surface area contributed by atoms with Gasteiger partial charge in [0.05, 0.1) is 9.79 Å². The van der Waals surface area contributed by atoms with Crippen LogP contribution in [0.15, 0.2) is 82.1 Å². The predicted molar refractivity (Wildman–Crippen MR) is 220 cm³/mol. The number of nitrogens with zero attached hydrogens (tertiary/aromatic N) is 3. The lowest BCUT2D eigenvalue weighted by Crippen LogP contribution is -2.39. The summed E-state index contributed by atoms with van der Waals surface area (Å²) in [6.07, 6.45) is 15.5. The fourth-order valence-corrected chi connectivity index (χ4v) is 9.64. The Labute approximate surface area is 322 Å². The van der Waals surface area contributed by atoms with Gasteiger partial charge < -0.3 is 9.45 Å². The highest BCUT2D eigenvalue weighted by Gasteiger charge is 2.31. The summed E-state index contributed by atoms with van der Waals surface area (Å²) >= 11 is 0. The van der Waals surface area contributed by atoms with E-state index in [9.17, 15) is 21.4 Å². The molecule has 2 aromatic carbocycles. The molecule has 0 heterocycles. The summed E-state index contributed by atoms with van der Waals surface area (Å²) in [4.78, 5) is 1.52. The van der Waals surface area contributed by atoms with E-state index in [1.54, 1.807) is 4.31 Å². The van der Waals surface area contributed by atoms with Crippen LogP contribution in [0.25, 0.3) is 5.57 Å². The smallest absolute Gasteiger partial charge is 0.243 e. The molecule has 294 valence electrons. The van der Waals surface area contributed by atoms with Crippen molar-refractivity contribution >= 4 is 37.1 Å². The Kier molecular flexibility index (Phi) is 17.7. The molecular weight excluding hydrogens is 703 g/mol. The SMILES string of the molecule is CCCCC(CC)CN(CC(CC)CCCC)S(=O)(=O)c1ccc(C(=C2C=CC(=[N+](CC)CC)C=C2)c2ccc(N(CC)CC)cc2)c(S(=O)(=O)[O-])c1. The molecule has 0 N–H and O–H groups in total. The van der Waals surface area contributed by atoms with Gasteiger partial charge in [0.1, 0.15) is 23.2 Å². The number of anilines is 1. The molecule has 0 spiro atoms. The first kappa shape index (κ1) is 44.3. The molecule has 1 aliphatic carbocycles. The zero-order valence-electron chi connectivity index (χ0n) is 33.6. The Morgan fingerprint density at radius 1 is 0.717 bits per heavy atom. The molecule has 0 radical (unpaired) electrons. The second kappa shape index (κ2) is 21.1. The number of allylic oxidation sites excluding steroid dienone is 5. The number of sulfonamides is 1. The molecule has 0 fully saturated rings. The summed E-state index contributed by atoms with van der Waals surface area (Å²) in [7, 11) is -9.26. The number of hydrogen-bond donors (Lipinski definition) is 0. The Hall–Kier alpha value is -3.05. The van der Waals surface area contributed by atoms with Crippen molar-refractivity contribution in [1.82, 2.24) is 4.31 Å². The van der Waals surface area contributed by atoms with Gasteiger partial charge in [-0.1, -0.05) is 84.4 Å². The third kappa shape index (κ3) is 11.7. The molecule has 0 amide bonds. The van der Waals surface area contributed by atoms with Crippen LogP contribution in [-0.2, 0) is 20.1 Å². The summed E-state index contributed by atoms with van der Waals surface area (Å²) < 4.78 is 72.6. The van der Waals surface area contributed by atoms with E-state index >= 15 is 0 Å². The minimum Gasteiger partial charge on any atom is -0.744 e. The second-order valence-electron chi connectivity index (χ2n) is 14.1. The van der Waals surface area contributed by atoms with E-state index in [0.29, 0.717) is 18.7 Å². The normalized spacial score (nSPS) is 14.5. The lowest BCUT2D eigenvalue weighted by atomic mass is 9.90. The number of hydrogen-bond acceptors (Lipinski definition) is 6. The third-order valence-corrected chi connectivity index (χ3v) is 13.4. The van der Waals surface area contributed by atoms with E-state index in [2.05, 4.69) is 64.9 Å². The van der Waals surface area contributed by atoms with Crippen LogP contribution < -0.4 is 4.90 Å². The van der Waals surface area contributed by atoms with Crippen molar-refractivity contribution in [2.45, 2.75) is 117 Å². The standard InChI is InChI=1S/C43H65N3O5S2/c1-9-17-19-34(11-3)32-46(33-35(12-4)20-18-10-2)52(47,48)40-29-30-41(42(31-40)53(49,50)51)43(36-21-25-38(26-22-36)44(13-5)14-6)37-23-27-39(28-24-37)45(15-7)16-8/h21-31,34-35H,9-20,32-33H2,1-8H3. The summed E-state index contributed by atoms with van der Waals surface area (Å²) in [5.41, 5.74) is 4.24.